The summed E-state index contributed by atoms with van der Waals surface area (Å²) in [5, 5.41) is 6.63. The Morgan fingerprint density at radius 3 is 0.875 bits per heavy atom. The summed E-state index contributed by atoms with van der Waals surface area (Å²) in [6.07, 6.45) is 0. The molecule has 0 atom stereocenters. The van der Waals surface area contributed by atoms with E-state index < -0.39 is 73.7 Å². The van der Waals surface area contributed by atoms with Crippen molar-refractivity contribution in [2.45, 2.75) is 16.5 Å². The largest absolute Gasteiger partial charge is 0.455 e. The first-order valence-electron chi connectivity index (χ1n) is 5.52. The van der Waals surface area contributed by atoms with E-state index >= 15 is 0 Å². The zero-order valence-electron chi connectivity index (χ0n) is 10.9. The fourth-order valence-electron chi connectivity index (χ4n) is 1.23. The van der Waals surface area contributed by atoms with E-state index in [-0.39, 0.29) is 0 Å². The predicted molar refractivity (Wildman–Crippen MR) is 77.0 cm³/mol. The standard InChI is InChI=1S/C3H6B3F9N6S3/c7-1(8,9)22-19-4-16-5(20-23-2(10,11)12)18-6(17-4)21-24-3(13,14)15/h16-21H. The first-order chi connectivity index (χ1) is 10.7. The molecule has 0 spiro atoms. The minimum atomic E-state index is -4.71. The fourth-order valence-corrected chi connectivity index (χ4v) is 2.39. The highest BCUT2D eigenvalue weighted by Gasteiger charge is 2.42. The minimum absolute atomic E-state index is 0.725. The van der Waals surface area contributed by atoms with Gasteiger partial charge >= 0.3 is 37.9 Å². The third kappa shape index (κ3) is 11.1. The summed E-state index contributed by atoms with van der Waals surface area (Å²) in [6.45, 7) is 0. The molecule has 21 heteroatoms. The predicted octanol–water partition coefficient (Wildman–Crippen LogP) is 0.996. The average molecular weight is 426 g/mol. The highest BCUT2D eigenvalue weighted by atomic mass is 32.2. The maximum absolute atomic E-state index is 12.1. The van der Waals surface area contributed by atoms with Crippen LogP contribution in [0.1, 0.15) is 0 Å². The molecule has 0 aromatic rings. The topological polar surface area (TPSA) is 72.2 Å². The van der Waals surface area contributed by atoms with Crippen molar-refractivity contribution in [3.8, 4) is 0 Å². The molecule has 1 heterocycles. The van der Waals surface area contributed by atoms with E-state index in [2.05, 4.69) is 15.4 Å². The van der Waals surface area contributed by atoms with Crippen molar-refractivity contribution in [2.75, 3.05) is 0 Å². The quantitative estimate of drug-likeness (QED) is 0.212. The van der Waals surface area contributed by atoms with Crippen molar-refractivity contribution in [1.29, 1.82) is 0 Å². The van der Waals surface area contributed by atoms with Gasteiger partial charge in [0.25, 0.3) is 0 Å². The molecule has 1 aliphatic heterocycles. The zero-order chi connectivity index (χ0) is 18.6. The summed E-state index contributed by atoms with van der Waals surface area (Å²) < 4.78 is 114. The average Bonchev–Trinajstić information content (AvgIpc) is 2.38. The van der Waals surface area contributed by atoms with Crippen LogP contribution >= 0.6 is 35.8 Å². The summed E-state index contributed by atoms with van der Waals surface area (Å²) in [5.74, 6) is 0. The lowest BCUT2D eigenvalue weighted by molar-refractivity contribution is -0.0340. The molecule has 138 valence electrons. The summed E-state index contributed by atoms with van der Waals surface area (Å²) >= 11 is -2.17. The van der Waals surface area contributed by atoms with E-state index in [9.17, 15) is 39.5 Å². The first kappa shape index (κ1) is 22.4. The molecular weight excluding hydrogens is 420 g/mol. The lowest BCUT2D eigenvalue weighted by Gasteiger charge is -2.32. The van der Waals surface area contributed by atoms with Gasteiger partial charge in [-0.3, -0.25) is 13.9 Å². The molecule has 0 unspecified atom stereocenters. The Labute approximate surface area is 143 Å². The smallest absolute Gasteiger partial charge is 0.341 e. The molecule has 6 N–H and O–H groups in total. The second-order valence-electron chi connectivity index (χ2n) is 3.80. The summed E-state index contributed by atoms with van der Waals surface area (Å²) in [6, 6.07) is 0. The van der Waals surface area contributed by atoms with Gasteiger partial charge in [0.05, 0.1) is 0 Å². The number of alkyl halides is 9. The van der Waals surface area contributed by atoms with E-state index in [1.165, 1.54) is 0 Å². The highest BCUT2D eigenvalue weighted by molar-refractivity contribution is 8.00. The van der Waals surface area contributed by atoms with Gasteiger partial charge < -0.3 is 15.4 Å². The van der Waals surface area contributed by atoms with E-state index in [0.717, 1.165) is 0 Å². The SMILES string of the molecule is FC(F)(F)SNB1NB(NSC(F)(F)F)NB(NSC(F)(F)F)N1. The molecule has 0 aromatic carbocycles. The zero-order valence-corrected chi connectivity index (χ0v) is 13.3. The Balaban J connectivity index is 2.60. The second-order valence-corrected chi connectivity index (χ2v) is 6.50. The molecule has 6 nitrogen and oxygen atoms in total. The molecule has 0 amide bonds. The maximum atomic E-state index is 12.1. The third-order valence-electron chi connectivity index (χ3n) is 1.88. The van der Waals surface area contributed by atoms with E-state index in [1.807, 2.05) is 0 Å². The first-order valence-corrected chi connectivity index (χ1v) is 7.97. The van der Waals surface area contributed by atoms with Crippen molar-refractivity contribution in [3.63, 3.8) is 0 Å². The number of hydrogen-bond donors (Lipinski definition) is 6. The number of hydrogen-bond acceptors (Lipinski definition) is 9. The van der Waals surface area contributed by atoms with Crippen LogP contribution in [0.15, 0.2) is 0 Å². The van der Waals surface area contributed by atoms with Crippen LogP contribution in [0.25, 0.3) is 0 Å². The molecule has 0 saturated carbocycles. The fraction of sp³-hybridized carbons (Fsp3) is 1.00. The third-order valence-corrected chi connectivity index (χ3v) is 3.63. The van der Waals surface area contributed by atoms with Crippen molar-refractivity contribution >= 4 is 57.2 Å². The Bertz CT molecular complexity index is 332. The van der Waals surface area contributed by atoms with Gasteiger partial charge in [0.15, 0.2) is 0 Å². The number of halogens is 9. The minimum Gasteiger partial charge on any atom is -0.341 e. The van der Waals surface area contributed by atoms with Gasteiger partial charge in [0, 0.05) is 35.8 Å². The normalized spacial score (nSPS) is 17.6. The van der Waals surface area contributed by atoms with E-state index in [0.29, 0.717) is 0 Å². The van der Waals surface area contributed by atoms with Crippen LogP contribution in [-0.4, -0.2) is 37.9 Å². The monoisotopic (exact) mass is 426 g/mol. The van der Waals surface area contributed by atoms with Crippen molar-refractivity contribution in [3.05, 3.63) is 0 Å². The highest BCUT2D eigenvalue weighted by Crippen LogP contribution is 2.29. The van der Waals surface area contributed by atoms with E-state index in [4.69, 9.17) is 0 Å². The number of rotatable bonds is 6. The lowest BCUT2D eigenvalue weighted by Crippen LogP contribution is -2.83. The molecule has 24 heavy (non-hydrogen) atoms. The number of nitrogens with one attached hydrogen (secondary N) is 6. The molecule has 1 saturated heterocycles. The van der Waals surface area contributed by atoms with Crippen molar-refractivity contribution < 1.29 is 39.5 Å². The Morgan fingerprint density at radius 2 is 0.708 bits per heavy atom. The van der Waals surface area contributed by atoms with Gasteiger partial charge in [0.2, 0.25) is 0 Å². The Hall–Kier alpha value is 0.375. The molecule has 1 rings (SSSR count). The van der Waals surface area contributed by atoms with Crippen LogP contribution in [0.3, 0.4) is 0 Å². The summed E-state index contributed by atoms with van der Waals surface area (Å²) in [7, 11) is -4.39. The van der Waals surface area contributed by atoms with Crippen LogP contribution in [-0.2, 0) is 0 Å². The molecule has 1 aliphatic rings. The van der Waals surface area contributed by atoms with Crippen molar-refractivity contribution in [1.82, 2.24) is 29.3 Å². The van der Waals surface area contributed by atoms with Crippen LogP contribution in [0.5, 0.6) is 0 Å². The second kappa shape index (κ2) is 8.84. The Kier molecular flexibility index (Phi) is 8.26. The molecule has 0 aliphatic carbocycles. The Morgan fingerprint density at radius 1 is 0.500 bits per heavy atom. The molecular formula is C3H6B3F9N6S3. The van der Waals surface area contributed by atoms with Gasteiger partial charge in [-0.25, -0.2) is 0 Å². The van der Waals surface area contributed by atoms with Gasteiger partial charge in [-0.05, 0) is 0 Å². The van der Waals surface area contributed by atoms with Gasteiger partial charge in [-0.2, -0.15) is 39.5 Å². The lowest BCUT2D eigenvalue weighted by atomic mass is 9.66. The summed E-state index contributed by atoms with van der Waals surface area (Å²) in [4.78, 5) is 0. The van der Waals surface area contributed by atoms with Crippen LogP contribution in [0.2, 0.25) is 0 Å². The van der Waals surface area contributed by atoms with Gasteiger partial charge in [-0.1, -0.05) is 0 Å². The van der Waals surface area contributed by atoms with Crippen LogP contribution < -0.4 is 29.3 Å². The van der Waals surface area contributed by atoms with Crippen LogP contribution in [0, 0.1) is 0 Å². The van der Waals surface area contributed by atoms with E-state index in [1.54, 1.807) is 13.9 Å². The van der Waals surface area contributed by atoms with Crippen molar-refractivity contribution in [2.24, 2.45) is 0 Å². The maximum Gasteiger partial charge on any atom is 0.455 e. The summed E-state index contributed by atoms with van der Waals surface area (Å²) in [5.41, 5.74) is -14.1. The van der Waals surface area contributed by atoms with Gasteiger partial charge in [0.1, 0.15) is 0 Å². The van der Waals surface area contributed by atoms with Gasteiger partial charge in [-0.15, -0.1) is 0 Å². The molecule has 0 aromatic heterocycles. The molecule has 0 bridgehead atoms. The molecule has 0 radical (unpaired) electrons. The molecule has 1 fully saturated rings. The van der Waals surface area contributed by atoms with Crippen LogP contribution in [0.4, 0.5) is 39.5 Å².